The zero-order chi connectivity index (χ0) is 22.1. The standard InChI is InChI=1S/C24H28ClF2N3O/c1-29(2)8-4-15-5-9-30(10-6-15)23-3-7-28-22-14-20(26)17(13-18(22)23)16-11-19(25)24(31)21(27)12-16/h3,7,11-15,23,28,31H,4-6,8-10H2,1-2H3. The van der Waals surface area contributed by atoms with Crippen molar-refractivity contribution < 1.29 is 13.9 Å². The number of anilines is 1. The molecule has 7 heteroatoms. The van der Waals surface area contributed by atoms with Crippen LogP contribution in [0.3, 0.4) is 0 Å². The Bertz CT molecular complexity index is 964. The average molecular weight is 448 g/mol. The largest absolute Gasteiger partial charge is 0.504 e. The Hall–Kier alpha value is -2.15. The molecule has 2 aromatic rings. The number of halogens is 3. The van der Waals surface area contributed by atoms with Gasteiger partial charge in [-0.1, -0.05) is 11.6 Å². The molecule has 2 N–H and O–H groups in total. The van der Waals surface area contributed by atoms with Crippen LogP contribution in [0.2, 0.25) is 5.02 Å². The minimum absolute atomic E-state index is 0.0304. The molecule has 1 atom stereocenters. The molecule has 2 aromatic carbocycles. The van der Waals surface area contributed by atoms with E-state index in [0.29, 0.717) is 11.3 Å². The molecule has 31 heavy (non-hydrogen) atoms. The summed E-state index contributed by atoms with van der Waals surface area (Å²) in [6.07, 6.45) is 7.46. The van der Waals surface area contributed by atoms with Crippen LogP contribution < -0.4 is 5.32 Å². The molecule has 1 fully saturated rings. The summed E-state index contributed by atoms with van der Waals surface area (Å²) in [5.41, 5.74) is 2.24. The molecule has 0 saturated carbocycles. The number of nitrogens with zero attached hydrogens (tertiary/aromatic N) is 2. The van der Waals surface area contributed by atoms with E-state index >= 15 is 0 Å². The number of fused-ring (bicyclic) bond motifs is 1. The molecule has 0 amide bonds. The molecule has 4 nitrogen and oxygen atoms in total. The van der Waals surface area contributed by atoms with Gasteiger partial charge < -0.3 is 15.3 Å². The Morgan fingerprint density at radius 2 is 1.87 bits per heavy atom. The maximum atomic E-state index is 14.9. The van der Waals surface area contributed by atoms with E-state index in [2.05, 4.69) is 35.3 Å². The fraction of sp³-hybridized carbons (Fsp3) is 0.417. The van der Waals surface area contributed by atoms with Crippen molar-refractivity contribution >= 4 is 17.3 Å². The van der Waals surface area contributed by atoms with E-state index in [0.717, 1.165) is 50.0 Å². The van der Waals surface area contributed by atoms with Crippen LogP contribution in [0, 0.1) is 17.6 Å². The predicted molar refractivity (Wildman–Crippen MR) is 121 cm³/mol. The molecule has 2 aliphatic heterocycles. The van der Waals surface area contributed by atoms with Crippen molar-refractivity contribution in [3.05, 3.63) is 58.8 Å². The van der Waals surface area contributed by atoms with Crippen LogP contribution in [0.4, 0.5) is 14.5 Å². The minimum Gasteiger partial charge on any atom is -0.504 e. The molecule has 4 rings (SSSR count). The molecular formula is C24H28ClF2N3O. The topological polar surface area (TPSA) is 38.7 Å². The Morgan fingerprint density at radius 1 is 1.13 bits per heavy atom. The fourth-order valence-electron chi connectivity index (χ4n) is 4.51. The van der Waals surface area contributed by atoms with Crippen molar-refractivity contribution in [3.63, 3.8) is 0 Å². The van der Waals surface area contributed by atoms with Crippen LogP contribution in [0.25, 0.3) is 11.1 Å². The molecule has 0 spiro atoms. The van der Waals surface area contributed by atoms with Gasteiger partial charge in [-0.15, -0.1) is 0 Å². The lowest BCUT2D eigenvalue weighted by molar-refractivity contribution is 0.145. The number of nitrogens with one attached hydrogen (secondary N) is 1. The number of piperidine rings is 1. The van der Waals surface area contributed by atoms with Gasteiger partial charge >= 0.3 is 0 Å². The summed E-state index contributed by atoms with van der Waals surface area (Å²) < 4.78 is 28.9. The number of rotatable bonds is 5. The molecule has 0 aromatic heterocycles. The van der Waals surface area contributed by atoms with E-state index in [-0.39, 0.29) is 16.6 Å². The van der Waals surface area contributed by atoms with Gasteiger partial charge in [-0.25, -0.2) is 8.78 Å². The van der Waals surface area contributed by atoms with Crippen LogP contribution in [0.5, 0.6) is 5.75 Å². The number of benzene rings is 2. The van der Waals surface area contributed by atoms with Gasteiger partial charge in [-0.05, 0) is 107 Å². The van der Waals surface area contributed by atoms with Gasteiger partial charge in [0.05, 0.1) is 11.1 Å². The second-order valence-corrected chi connectivity index (χ2v) is 9.13. The van der Waals surface area contributed by atoms with Gasteiger partial charge in [0.2, 0.25) is 0 Å². The SMILES string of the molecule is CN(C)CCC1CCN(C2C=CNc3cc(F)c(-c4cc(F)c(O)c(Cl)c4)cc32)CC1. The summed E-state index contributed by atoms with van der Waals surface area (Å²) >= 11 is 5.93. The summed E-state index contributed by atoms with van der Waals surface area (Å²) in [6.45, 7) is 3.08. The zero-order valence-corrected chi connectivity index (χ0v) is 18.6. The molecule has 0 bridgehead atoms. The van der Waals surface area contributed by atoms with E-state index in [1.165, 1.54) is 18.6 Å². The minimum atomic E-state index is -0.867. The van der Waals surface area contributed by atoms with E-state index in [9.17, 15) is 13.9 Å². The van der Waals surface area contributed by atoms with Crippen molar-refractivity contribution in [2.45, 2.75) is 25.3 Å². The first-order valence-corrected chi connectivity index (χ1v) is 11.0. The summed E-state index contributed by atoms with van der Waals surface area (Å²) in [5.74, 6) is -1.23. The fourth-order valence-corrected chi connectivity index (χ4v) is 4.72. The number of phenols is 1. The van der Waals surface area contributed by atoms with E-state index in [1.54, 1.807) is 6.07 Å². The Morgan fingerprint density at radius 3 is 2.55 bits per heavy atom. The predicted octanol–water partition coefficient (Wildman–Crippen LogP) is 5.63. The number of aromatic hydroxyl groups is 1. The van der Waals surface area contributed by atoms with E-state index < -0.39 is 17.4 Å². The second-order valence-electron chi connectivity index (χ2n) is 8.73. The van der Waals surface area contributed by atoms with Gasteiger partial charge in [0.25, 0.3) is 0 Å². The van der Waals surface area contributed by atoms with Crippen molar-refractivity contribution in [2.24, 2.45) is 5.92 Å². The summed E-state index contributed by atoms with van der Waals surface area (Å²) in [6, 6.07) is 5.75. The monoisotopic (exact) mass is 447 g/mol. The zero-order valence-electron chi connectivity index (χ0n) is 17.8. The summed E-state index contributed by atoms with van der Waals surface area (Å²) in [7, 11) is 4.21. The first-order valence-electron chi connectivity index (χ1n) is 10.7. The highest BCUT2D eigenvalue weighted by Gasteiger charge is 2.28. The highest BCUT2D eigenvalue weighted by Crippen LogP contribution is 2.40. The number of hydrogen-bond acceptors (Lipinski definition) is 4. The highest BCUT2D eigenvalue weighted by atomic mass is 35.5. The summed E-state index contributed by atoms with van der Waals surface area (Å²) in [4.78, 5) is 4.65. The quantitative estimate of drug-likeness (QED) is 0.622. The Labute approximate surface area is 187 Å². The average Bonchev–Trinajstić information content (AvgIpc) is 2.75. The number of hydrogen-bond donors (Lipinski definition) is 2. The number of phenolic OH excluding ortho intramolecular Hbond substituents is 1. The van der Waals surface area contributed by atoms with Crippen LogP contribution in [-0.2, 0) is 0 Å². The van der Waals surface area contributed by atoms with Gasteiger partial charge in [-0.2, -0.15) is 0 Å². The molecular weight excluding hydrogens is 420 g/mol. The van der Waals surface area contributed by atoms with Crippen LogP contribution in [-0.4, -0.2) is 48.6 Å². The van der Waals surface area contributed by atoms with Gasteiger partial charge in [0.1, 0.15) is 5.82 Å². The molecule has 0 radical (unpaired) electrons. The maximum Gasteiger partial charge on any atom is 0.170 e. The maximum absolute atomic E-state index is 14.9. The third kappa shape index (κ3) is 4.71. The van der Waals surface area contributed by atoms with Gasteiger partial charge in [0, 0.05) is 11.3 Å². The highest BCUT2D eigenvalue weighted by molar-refractivity contribution is 6.32. The molecule has 1 unspecified atom stereocenters. The normalized spacial score (nSPS) is 19.5. The molecule has 2 aliphatic rings. The summed E-state index contributed by atoms with van der Waals surface area (Å²) in [5, 5.41) is 12.6. The third-order valence-corrected chi connectivity index (χ3v) is 6.62. The van der Waals surface area contributed by atoms with E-state index in [1.807, 2.05) is 6.20 Å². The van der Waals surface area contributed by atoms with Crippen LogP contribution in [0.15, 0.2) is 36.5 Å². The van der Waals surface area contributed by atoms with Crippen molar-refractivity contribution in [1.82, 2.24) is 9.80 Å². The lowest BCUT2D eigenvalue weighted by Gasteiger charge is -2.38. The van der Waals surface area contributed by atoms with Crippen molar-refractivity contribution in [2.75, 3.05) is 39.0 Å². The van der Waals surface area contributed by atoms with Gasteiger partial charge in [-0.3, -0.25) is 4.90 Å². The first-order chi connectivity index (χ1) is 14.8. The Kier molecular flexibility index (Phi) is 6.51. The molecule has 2 heterocycles. The van der Waals surface area contributed by atoms with Gasteiger partial charge in [0.15, 0.2) is 11.6 Å². The second kappa shape index (κ2) is 9.15. The lowest BCUT2D eigenvalue weighted by Crippen LogP contribution is -2.37. The molecule has 1 saturated heterocycles. The van der Waals surface area contributed by atoms with Crippen LogP contribution >= 0.6 is 11.6 Å². The van der Waals surface area contributed by atoms with Crippen LogP contribution in [0.1, 0.15) is 30.9 Å². The molecule has 0 aliphatic carbocycles. The Balaban J connectivity index is 1.59. The molecule has 166 valence electrons. The smallest absolute Gasteiger partial charge is 0.170 e. The third-order valence-electron chi connectivity index (χ3n) is 6.33. The number of likely N-dealkylation sites (tertiary alicyclic amines) is 1. The van der Waals surface area contributed by atoms with E-state index in [4.69, 9.17) is 11.6 Å². The first kappa shape index (κ1) is 22.1. The lowest BCUT2D eigenvalue weighted by atomic mass is 9.89. The van der Waals surface area contributed by atoms with Crippen molar-refractivity contribution in [3.8, 4) is 16.9 Å². The van der Waals surface area contributed by atoms with Crippen molar-refractivity contribution in [1.29, 1.82) is 0 Å².